The van der Waals surface area contributed by atoms with Crippen LogP contribution in [-0.2, 0) is 9.53 Å². The van der Waals surface area contributed by atoms with E-state index < -0.39 is 0 Å². The Morgan fingerprint density at radius 1 is 1.62 bits per heavy atom. The van der Waals surface area contributed by atoms with E-state index in [1.165, 1.54) is 0 Å². The Balaban J connectivity index is 2.69. The first-order chi connectivity index (χ1) is 7.54. The molecule has 1 N–H and O–H groups in total. The summed E-state index contributed by atoms with van der Waals surface area (Å²) in [5.41, 5.74) is 0.342. The Morgan fingerprint density at radius 2 is 2.31 bits per heavy atom. The van der Waals surface area contributed by atoms with E-state index in [0.29, 0.717) is 21.9 Å². The van der Waals surface area contributed by atoms with Gasteiger partial charge in [-0.1, -0.05) is 11.8 Å². The lowest BCUT2D eigenvalue weighted by molar-refractivity contribution is -0.139. The molecule has 0 saturated carbocycles. The largest absolute Gasteiger partial charge is 0.465 e. The number of aryl methyl sites for hydroxylation is 1. The van der Waals surface area contributed by atoms with E-state index in [4.69, 9.17) is 4.74 Å². The van der Waals surface area contributed by atoms with Crippen LogP contribution in [0.15, 0.2) is 14.4 Å². The summed E-state index contributed by atoms with van der Waals surface area (Å²) in [6, 6.07) is 0. The molecular weight excluding hydrogens is 296 g/mol. The number of carbonyl (C=O) groups excluding carboxylic acids is 1. The van der Waals surface area contributed by atoms with Crippen molar-refractivity contribution in [3.8, 4) is 0 Å². The second-order valence-corrected chi connectivity index (χ2v) is 4.62. The van der Waals surface area contributed by atoms with Crippen LogP contribution in [0.4, 0.5) is 0 Å². The monoisotopic (exact) mass is 306 g/mol. The molecule has 7 heteroatoms. The highest BCUT2D eigenvalue weighted by Gasteiger charge is 2.08. The summed E-state index contributed by atoms with van der Waals surface area (Å²) in [6.07, 6.45) is 0. The zero-order valence-electron chi connectivity index (χ0n) is 8.87. The maximum absolute atomic E-state index is 11.4. The van der Waals surface area contributed by atoms with Crippen LogP contribution in [0.3, 0.4) is 0 Å². The van der Waals surface area contributed by atoms with Gasteiger partial charge in [0.2, 0.25) is 0 Å². The molecule has 0 atom stereocenters. The third-order valence-electron chi connectivity index (χ3n) is 1.64. The van der Waals surface area contributed by atoms with Gasteiger partial charge in [-0.2, -0.15) is 0 Å². The number of esters is 1. The molecule has 0 aliphatic carbocycles. The van der Waals surface area contributed by atoms with Crippen molar-refractivity contribution in [2.75, 3.05) is 12.4 Å². The van der Waals surface area contributed by atoms with Crippen LogP contribution in [0.25, 0.3) is 0 Å². The van der Waals surface area contributed by atoms with Gasteiger partial charge in [0.15, 0.2) is 5.16 Å². The molecular formula is C9H11BrN2O3S. The Labute approximate surface area is 105 Å². The zero-order valence-corrected chi connectivity index (χ0v) is 11.3. The minimum absolute atomic E-state index is 0.137. The summed E-state index contributed by atoms with van der Waals surface area (Å²) in [7, 11) is 0. The number of aromatic amines is 1. The molecule has 0 aliphatic rings. The second kappa shape index (κ2) is 6.05. The summed E-state index contributed by atoms with van der Waals surface area (Å²) >= 11 is 4.25. The van der Waals surface area contributed by atoms with Gasteiger partial charge in [0, 0.05) is 0 Å². The lowest BCUT2D eigenvalue weighted by atomic mass is 10.5. The number of nitrogens with one attached hydrogen (secondary N) is 1. The standard InChI is InChI=1S/C9H11BrN2O3S/c1-3-15-6(13)4-16-9-11-5(2)7(10)8(14)12-9/h3-4H2,1-2H3,(H,11,12,14). The van der Waals surface area contributed by atoms with E-state index in [-0.39, 0.29) is 17.3 Å². The molecule has 0 fully saturated rings. The normalized spacial score (nSPS) is 10.2. The summed E-state index contributed by atoms with van der Waals surface area (Å²) in [4.78, 5) is 29.1. The van der Waals surface area contributed by atoms with Crippen molar-refractivity contribution < 1.29 is 9.53 Å². The van der Waals surface area contributed by atoms with Gasteiger partial charge in [0.1, 0.15) is 4.47 Å². The molecule has 0 spiro atoms. The first-order valence-electron chi connectivity index (χ1n) is 4.59. The Kier molecular flexibility index (Phi) is 5.01. The molecule has 88 valence electrons. The third kappa shape index (κ3) is 3.64. The van der Waals surface area contributed by atoms with Crippen LogP contribution in [0.1, 0.15) is 12.6 Å². The fourth-order valence-corrected chi connectivity index (χ4v) is 1.84. The third-order valence-corrected chi connectivity index (χ3v) is 3.42. The number of halogens is 1. The number of aromatic nitrogens is 2. The number of thioether (sulfide) groups is 1. The second-order valence-electron chi connectivity index (χ2n) is 2.86. The van der Waals surface area contributed by atoms with Crippen molar-refractivity contribution in [2.24, 2.45) is 0 Å². The molecule has 0 unspecified atom stereocenters. The van der Waals surface area contributed by atoms with E-state index in [2.05, 4.69) is 25.9 Å². The van der Waals surface area contributed by atoms with Crippen LogP contribution in [0.5, 0.6) is 0 Å². The maximum atomic E-state index is 11.4. The van der Waals surface area contributed by atoms with Gasteiger partial charge in [0.25, 0.3) is 5.56 Å². The van der Waals surface area contributed by atoms with Gasteiger partial charge >= 0.3 is 5.97 Å². The molecule has 0 aromatic carbocycles. The van der Waals surface area contributed by atoms with Crippen molar-refractivity contribution in [1.82, 2.24) is 9.97 Å². The molecule has 0 saturated heterocycles. The molecule has 0 amide bonds. The summed E-state index contributed by atoms with van der Waals surface area (Å²) in [5.74, 6) is -0.187. The number of rotatable bonds is 4. The minimum Gasteiger partial charge on any atom is -0.465 e. The van der Waals surface area contributed by atoms with Crippen LogP contribution >= 0.6 is 27.7 Å². The van der Waals surface area contributed by atoms with Crippen LogP contribution in [0, 0.1) is 6.92 Å². The van der Waals surface area contributed by atoms with Gasteiger partial charge in [0.05, 0.1) is 18.1 Å². The fourth-order valence-electron chi connectivity index (χ4n) is 0.944. The van der Waals surface area contributed by atoms with E-state index in [0.717, 1.165) is 11.8 Å². The van der Waals surface area contributed by atoms with Crippen LogP contribution in [-0.4, -0.2) is 28.3 Å². The van der Waals surface area contributed by atoms with Gasteiger partial charge in [-0.25, -0.2) is 4.98 Å². The van der Waals surface area contributed by atoms with E-state index >= 15 is 0 Å². The average molecular weight is 307 g/mol. The SMILES string of the molecule is CCOC(=O)CSc1nc(C)c(Br)c(=O)[nH]1. The fraction of sp³-hybridized carbons (Fsp3) is 0.444. The molecule has 1 rings (SSSR count). The minimum atomic E-state index is -0.323. The molecule has 0 radical (unpaired) electrons. The Bertz CT molecular complexity index is 447. The van der Waals surface area contributed by atoms with Crippen molar-refractivity contribution in [1.29, 1.82) is 0 Å². The average Bonchev–Trinajstić information content (AvgIpc) is 2.23. The van der Waals surface area contributed by atoms with Gasteiger partial charge in [-0.05, 0) is 29.8 Å². The first-order valence-corrected chi connectivity index (χ1v) is 6.37. The lowest BCUT2D eigenvalue weighted by Crippen LogP contribution is -2.13. The van der Waals surface area contributed by atoms with E-state index in [1.54, 1.807) is 13.8 Å². The molecule has 1 aromatic rings. The van der Waals surface area contributed by atoms with Gasteiger partial charge in [-0.3, -0.25) is 9.59 Å². The topological polar surface area (TPSA) is 72.0 Å². The van der Waals surface area contributed by atoms with E-state index in [1.807, 2.05) is 0 Å². The number of hydrogen-bond donors (Lipinski definition) is 1. The quantitative estimate of drug-likeness (QED) is 0.518. The van der Waals surface area contributed by atoms with Crippen LogP contribution in [0.2, 0.25) is 0 Å². The van der Waals surface area contributed by atoms with Crippen molar-refractivity contribution in [3.05, 3.63) is 20.5 Å². The number of H-pyrrole nitrogens is 1. The highest BCUT2D eigenvalue weighted by atomic mass is 79.9. The highest BCUT2D eigenvalue weighted by molar-refractivity contribution is 9.10. The molecule has 5 nitrogen and oxygen atoms in total. The molecule has 0 bridgehead atoms. The zero-order chi connectivity index (χ0) is 12.1. The number of hydrogen-bond acceptors (Lipinski definition) is 5. The van der Waals surface area contributed by atoms with E-state index in [9.17, 15) is 9.59 Å². The maximum Gasteiger partial charge on any atom is 0.316 e. The number of nitrogens with zero attached hydrogens (tertiary/aromatic N) is 1. The first kappa shape index (κ1) is 13.2. The Morgan fingerprint density at radius 3 is 2.88 bits per heavy atom. The predicted octanol–water partition coefficient (Wildman–Crippen LogP) is 1.50. The molecule has 1 aromatic heterocycles. The molecule has 1 heterocycles. The highest BCUT2D eigenvalue weighted by Crippen LogP contribution is 2.14. The van der Waals surface area contributed by atoms with Gasteiger partial charge < -0.3 is 9.72 Å². The number of carbonyl (C=O) groups is 1. The smallest absolute Gasteiger partial charge is 0.316 e. The summed E-state index contributed by atoms with van der Waals surface area (Å²) < 4.78 is 5.17. The molecule has 0 aliphatic heterocycles. The van der Waals surface area contributed by atoms with Crippen molar-refractivity contribution in [2.45, 2.75) is 19.0 Å². The Hall–Kier alpha value is -0.820. The summed E-state index contributed by atoms with van der Waals surface area (Å²) in [5, 5.41) is 0.416. The predicted molar refractivity (Wildman–Crippen MR) is 64.7 cm³/mol. The van der Waals surface area contributed by atoms with Crippen LogP contribution < -0.4 is 5.56 Å². The number of ether oxygens (including phenoxy) is 1. The molecule has 16 heavy (non-hydrogen) atoms. The lowest BCUT2D eigenvalue weighted by Gasteiger charge is -2.03. The van der Waals surface area contributed by atoms with Crippen molar-refractivity contribution in [3.63, 3.8) is 0 Å². The van der Waals surface area contributed by atoms with Crippen molar-refractivity contribution >= 4 is 33.7 Å². The van der Waals surface area contributed by atoms with Gasteiger partial charge in [-0.15, -0.1) is 0 Å². The summed E-state index contributed by atoms with van der Waals surface area (Å²) in [6.45, 7) is 3.81.